The number of nitrogens with zero attached hydrogens (tertiary/aromatic N) is 3. The molecule has 52 heavy (non-hydrogen) atoms. The third-order valence-electron chi connectivity index (χ3n) is 10.1. The summed E-state index contributed by atoms with van der Waals surface area (Å²) in [5, 5.41) is 20.2. The van der Waals surface area contributed by atoms with Crippen molar-refractivity contribution in [2.24, 2.45) is 5.41 Å². The first-order valence-corrected chi connectivity index (χ1v) is 18.3. The van der Waals surface area contributed by atoms with Gasteiger partial charge in [-0.1, -0.05) is 69.1 Å². The van der Waals surface area contributed by atoms with Gasteiger partial charge in [-0.05, 0) is 60.3 Å². The number of amides is 2. The van der Waals surface area contributed by atoms with Gasteiger partial charge in [0.15, 0.2) is 0 Å². The second-order valence-corrected chi connectivity index (χ2v) is 15.5. The summed E-state index contributed by atoms with van der Waals surface area (Å²) in [6.07, 6.45) is 0.327. The van der Waals surface area contributed by atoms with Crippen LogP contribution in [-0.2, 0) is 10.2 Å². The highest BCUT2D eigenvalue weighted by Gasteiger charge is 2.61. The molecule has 3 N–H and O–H groups in total. The number of halogens is 4. The standard InChI is InChI=1S/C39H46Cl2F2N6O3/c1-6-48-16-18-49(19-17-48)15-14-45-36(50)24-10-13-30(31(20-24)52-5)46-37(51)35-33(26-8-7-9-28(41)34(26)43)39(23-44,32(47-35)22-38(2,3)4)27-12-11-25(40)21-29(27)42/h7-13,20-21,32-33,35,47H,6,14-19,22H2,1-5H3,(H,45,50)(H,46,51)/t32-,33-,35+,39-/m0/s1. The Morgan fingerprint density at radius 1 is 1.06 bits per heavy atom. The van der Waals surface area contributed by atoms with Crippen LogP contribution in [0.4, 0.5) is 14.5 Å². The lowest BCUT2D eigenvalue weighted by Gasteiger charge is -2.37. The van der Waals surface area contributed by atoms with Crippen LogP contribution in [0.5, 0.6) is 5.75 Å². The number of nitriles is 1. The topological polar surface area (TPSA) is 110 Å². The molecule has 3 aromatic rings. The summed E-state index contributed by atoms with van der Waals surface area (Å²) in [6, 6.07) is 13.4. The van der Waals surface area contributed by atoms with Crippen molar-refractivity contribution < 1.29 is 23.1 Å². The highest BCUT2D eigenvalue weighted by molar-refractivity contribution is 6.31. The SMILES string of the molecule is CCN1CCN(CCNC(=O)c2ccc(NC(=O)[C@@H]3N[C@@H](CC(C)(C)C)[C@](C#N)(c4ccc(Cl)cc4F)[C@H]3c3cccc(Cl)c3F)c(OC)c2)CC1. The lowest BCUT2D eigenvalue weighted by Crippen LogP contribution is -2.48. The first-order valence-electron chi connectivity index (χ1n) is 17.5. The number of carbonyl (C=O) groups is 2. The quantitative estimate of drug-likeness (QED) is 0.202. The molecule has 0 bridgehead atoms. The molecule has 13 heteroatoms. The van der Waals surface area contributed by atoms with Gasteiger partial charge in [-0.25, -0.2) is 8.78 Å². The summed E-state index contributed by atoms with van der Waals surface area (Å²) < 4.78 is 37.6. The van der Waals surface area contributed by atoms with Crippen molar-refractivity contribution in [2.45, 2.75) is 57.5 Å². The summed E-state index contributed by atoms with van der Waals surface area (Å²) >= 11 is 12.4. The average molecular weight is 756 g/mol. The molecule has 9 nitrogen and oxygen atoms in total. The van der Waals surface area contributed by atoms with E-state index in [-0.39, 0.29) is 38.5 Å². The first-order chi connectivity index (χ1) is 24.7. The van der Waals surface area contributed by atoms with Crippen molar-refractivity contribution in [3.63, 3.8) is 0 Å². The van der Waals surface area contributed by atoms with E-state index in [0.29, 0.717) is 18.5 Å². The largest absolute Gasteiger partial charge is 0.495 e. The Labute approximate surface area is 314 Å². The van der Waals surface area contributed by atoms with E-state index in [1.165, 1.54) is 43.5 Å². The van der Waals surface area contributed by atoms with Crippen LogP contribution >= 0.6 is 23.2 Å². The van der Waals surface area contributed by atoms with Crippen LogP contribution in [0.1, 0.15) is 61.5 Å². The normalized spacial score (nSPS) is 22.5. The minimum Gasteiger partial charge on any atom is -0.495 e. The zero-order valence-corrected chi connectivity index (χ0v) is 31.7. The van der Waals surface area contributed by atoms with Crippen molar-refractivity contribution in [1.82, 2.24) is 20.4 Å². The fraction of sp³-hybridized carbons (Fsp3) is 0.462. The number of piperazine rings is 1. The van der Waals surface area contributed by atoms with Crippen LogP contribution in [0.3, 0.4) is 0 Å². The summed E-state index contributed by atoms with van der Waals surface area (Å²) in [5.74, 6) is -3.48. The van der Waals surface area contributed by atoms with Gasteiger partial charge >= 0.3 is 0 Å². The van der Waals surface area contributed by atoms with Gasteiger partial charge in [0, 0.05) is 67.4 Å². The molecule has 0 radical (unpaired) electrons. The average Bonchev–Trinajstić information content (AvgIpc) is 3.42. The Balaban J connectivity index is 1.45. The molecule has 2 heterocycles. The highest BCUT2D eigenvalue weighted by Crippen LogP contribution is 2.53. The molecule has 2 fully saturated rings. The molecule has 0 spiro atoms. The zero-order chi connectivity index (χ0) is 37.8. The number of likely N-dealkylation sites (N-methyl/N-ethyl adjacent to an activating group) is 1. The van der Waals surface area contributed by atoms with Crippen molar-refractivity contribution in [3.8, 4) is 11.8 Å². The minimum absolute atomic E-state index is 0.0151. The second kappa shape index (κ2) is 16.5. The van der Waals surface area contributed by atoms with Crippen LogP contribution in [0, 0.1) is 28.4 Å². The molecule has 2 aliphatic heterocycles. The van der Waals surface area contributed by atoms with Crippen molar-refractivity contribution in [2.75, 3.05) is 58.2 Å². The third-order valence-corrected chi connectivity index (χ3v) is 10.6. The Kier molecular flexibility index (Phi) is 12.5. The number of nitrogens with one attached hydrogen (secondary N) is 3. The molecular formula is C39H46Cl2F2N6O3. The molecule has 5 rings (SSSR count). The molecule has 0 aliphatic carbocycles. The fourth-order valence-electron chi connectivity index (χ4n) is 7.46. The summed E-state index contributed by atoms with van der Waals surface area (Å²) in [6.45, 7) is 14.2. The van der Waals surface area contributed by atoms with E-state index in [1.807, 2.05) is 20.8 Å². The van der Waals surface area contributed by atoms with Gasteiger partial charge in [0.2, 0.25) is 5.91 Å². The van der Waals surface area contributed by atoms with Gasteiger partial charge in [-0.3, -0.25) is 14.5 Å². The molecule has 0 aromatic heterocycles. The van der Waals surface area contributed by atoms with Crippen LogP contribution < -0.4 is 20.7 Å². The smallest absolute Gasteiger partial charge is 0.251 e. The van der Waals surface area contributed by atoms with Gasteiger partial charge < -0.3 is 25.6 Å². The molecule has 0 saturated carbocycles. The van der Waals surface area contributed by atoms with Gasteiger partial charge in [-0.2, -0.15) is 5.26 Å². The second-order valence-electron chi connectivity index (χ2n) is 14.6. The molecular weight excluding hydrogens is 709 g/mol. The monoisotopic (exact) mass is 754 g/mol. The van der Waals surface area contributed by atoms with Crippen LogP contribution in [0.25, 0.3) is 0 Å². The molecule has 2 amide bonds. The lowest BCUT2D eigenvalue weighted by molar-refractivity contribution is -0.118. The summed E-state index contributed by atoms with van der Waals surface area (Å²) in [7, 11) is 1.42. The number of methoxy groups -OCH3 is 1. The molecule has 4 atom stereocenters. The van der Waals surface area contributed by atoms with Gasteiger partial charge in [0.1, 0.15) is 22.8 Å². The number of ether oxygens (including phenoxy) is 1. The number of hydrogen-bond donors (Lipinski definition) is 3. The maximum Gasteiger partial charge on any atom is 0.251 e. The third kappa shape index (κ3) is 8.37. The van der Waals surface area contributed by atoms with Gasteiger partial charge in [0.05, 0.1) is 29.9 Å². The number of benzene rings is 3. The van der Waals surface area contributed by atoms with E-state index in [1.54, 1.807) is 12.1 Å². The predicted octanol–water partition coefficient (Wildman–Crippen LogP) is 6.61. The van der Waals surface area contributed by atoms with E-state index in [4.69, 9.17) is 27.9 Å². The maximum absolute atomic E-state index is 16.0. The van der Waals surface area contributed by atoms with Crippen molar-refractivity contribution in [3.05, 3.63) is 93.0 Å². The molecule has 3 aromatic carbocycles. The minimum atomic E-state index is -1.77. The Morgan fingerprint density at radius 2 is 1.77 bits per heavy atom. The van der Waals surface area contributed by atoms with E-state index >= 15 is 8.78 Å². The maximum atomic E-state index is 16.0. The van der Waals surface area contributed by atoms with E-state index in [0.717, 1.165) is 45.3 Å². The Bertz CT molecular complexity index is 1820. The number of hydrogen-bond acceptors (Lipinski definition) is 7. The van der Waals surface area contributed by atoms with E-state index in [2.05, 4.69) is 38.7 Å². The predicted molar refractivity (Wildman–Crippen MR) is 200 cm³/mol. The number of carbonyl (C=O) groups excluding carboxylic acids is 2. The summed E-state index contributed by atoms with van der Waals surface area (Å²) in [4.78, 5) is 32.2. The van der Waals surface area contributed by atoms with E-state index in [9.17, 15) is 14.9 Å². The van der Waals surface area contributed by atoms with Crippen molar-refractivity contribution >= 4 is 40.7 Å². The molecule has 278 valence electrons. The Hall–Kier alpha value is -3.79. The van der Waals surface area contributed by atoms with Crippen molar-refractivity contribution in [1.29, 1.82) is 5.26 Å². The van der Waals surface area contributed by atoms with Crippen LogP contribution in [0.2, 0.25) is 10.0 Å². The number of anilines is 1. The van der Waals surface area contributed by atoms with Crippen LogP contribution in [0.15, 0.2) is 54.6 Å². The molecule has 2 saturated heterocycles. The fourth-order valence-corrected chi connectivity index (χ4v) is 7.80. The zero-order valence-electron chi connectivity index (χ0n) is 30.2. The van der Waals surface area contributed by atoms with Crippen LogP contribution in [-0.4, -0.2) is 86.6 Å². The van der Waals surface area contributed by atoms with E-state index < -0.39 is 46.4 Å². The highest BCUT2D eigenvalue weighted by atomic mass is 35.5. The molecule has 2 aliphatic rings. The van der Waals surface area contributed by atoms with Gasteiger partial charge in [-0.15, -0.1) is 0 Å². The summed E-state index contributed by atoms with van der Waals surface area (Å²) in [5.41, 5.74) is -1.60. The van der Waals surface area contributed by atoms with Gasteiger partial charge in [0.25, 0.3) is 5.91 Å². The first kappa shape index (κ1) is 39.4. The number of rotatable bonds is 11. The Morgan fingerprint density at radius 3 is 2.40 bits per heavy atom. The molecule has 0 unspecified atom stereocenters. The lowest BCUT2D eigenvalue weighted by atomic mass is 9.62.